The summed E-state index contributed by atoms with van der Waals surface area (Å²) in [6, 6.07) is 7.37. The molecule has 6 nitrogen and oxygen atoms in total. The van der Waals surface area contributed by atoms with E-state index in [9.17, 15) is 9.59 Å². The Labute approximate surface area is 162 Å². The van der Waals surface area contributed by atoms with Crippen LogP contribution in [0.1, 0.15) is 25.1 Å². The molecule has 3 heterocycles. The Morgan fingerprint density at radius 1 is 1.22 bits per heavy atom. The van der Waals surface area contributed by atoms with Gasteiger partial charge in [-0.2, -0.15) is 5.10 Å². The molecule has 27 heavy (non-hydrogen) atoms. The maximum absolute atomic E-state index is 13.3. The molecule has 1 unspecified atom stereocenters. The average molecular weight is 385 g/mol. The van der Waals surface area contributed by atoms with Gasteiger partial charge in [0.05, 0.1) is 15.8 Å². The molecule has 3 aromatic rings. The number of nitrogens with zero attached hydrogens (tertiary/aromatic N) is 4. The van der Waals surface area contributed by atoms with Crippen molar-refractivity contribution < 1.29 is 4.79 Å². The van der Waals surface area contributed by atoms with Crippen LogP contribution in [-0.2, 0) is 4.79 Å². The monoisotopic (exact) mass is 384 g/mol. The minimum absolute atomic E-state index is 0.00140. The molecule has 4 rings (SSSR count). The largest absolute Gasteiger partial charge is 0.338 e. The summed E-state index contributed by atoms with van der Waals surface area (Å²) in [6.45, 7) is 6.97. The number of rotatable bonds is 3. The van der Waals surface area contributed by atoms with Crippen molar-refractivity contribution >= 4 is 37.4 Å². The topological polar surface area (TPSA) is 58.4 Å². The Morgan fingerprint density at radius 2 is 1.93 bits per heavy atom. The van der Waals surface area contributed by atoms with Gasteiger partial charge < -0.3 is 9.80 Å². The molecule has 1 aliphatic heterocycles. The van der Waals surface area contributed by atoms with Gasteiger partial charge in [0, 0.05) is 36.3 Å². The first-order chi connectivity index (χ1) is 13.0. The van der Waals surface area contributed by atoms with E-state index >= 15 is 0 Å². The van der Waals surface area contributed by atoms with Crippen LogP contribution in [0.3, 0.4) is 0 Å². The van der Waals surface area contributed by atoms with Crippen LogP contribution in [0.15, 0.2) is 29.1 Å². The van der Waals surface area contributed by atoms with E-state index in [1.54, 1.807) is 11.3 Å². The van der Waals surface area contributed by atoms with Crippen molar-refractivity contribution in [2.45, 2.75) is 26.3 Å². The van der Waals surface area contributed by atoms with Gasteiger partial charge in [0.2, 0.25) is 5.91 Å². The molecule has 7 heteroatoms. The fraction of sp³-hybridized carbons (Fsp3) is 0.450. The second-order valence-corrected chi connectivity index (χ2v) is 8.24. The molecule has 1 fully saturated rings. The lowest BCUT2D eigenvalue weighted by Gasteiger charge is -2.34. The highest BCUT2D eigenvalue weighted by atomic mass is 32.1. The standard InChI is InChI=1S/C20H24N4O2S/c1-4-15(19(25)23-11-9-22(3)10-12-23)24-20(26)17-14-7-5-6-8-16(14)27-18(17)13(2)21-24/h5-8,15H,4,9-12H2,1-3H3. The van der Waals surface area contributed by atoms with E-state index in [1.165, 1.54) is 4.68 Å². The predicted molar refractivity (Wildman–Crippen MR) is 110 cm³/mol. The molecule has 142 valence electrons. The molecule has 0 N–H and O–H groups in total. The maximum atomic E-state index is 13.3. The number of amides is 1. The molecule has 1 atom stereocenters. The molecule has 1 amide bonds. The number of likely N-dealkylation sites (N-methyl/N-ethyl adjacent to an activating group) is 1. The van der Waals surface area contributed by atoms with Crippen LogP contribution < -0.4 is 5.56 Å². The first-order valence-electron chi connectivity index (χ1n) is 9.39. The highest BCUT2D eigenvalue weighted by Crippen LogP contribution is 2.33. The van der Waals surface area contributed by atoms with Crippen molar-refractivity contribution in [3.63, 3.8) is 0 Å². The Balaban J connectivity index is 1.82. The number of carbonyl (C=O) groups excluding carboxylic acids is 1. The van der Waals surface area contributed by atoms with Crippen molar-refractivity contribution in [2.75, 3.05) is 33.2 Å². The van der Waals surface area contributed by atoms with E-state index in [-0.39, 0.29) is 11.5 Å². The lowest BCUT2D eigenvalue weighted by Crippen LogP contribution is -2.50. The van der Waals surface area contributed by atoms with E-state index in [4.69, 9.17) is 0 Å². The molecular formula is C20H24N4O2S. The maximum Gasteiger partial charge on any atom is 0.276 e. The van der Waals surface area contributed by atoms with Gasteiger partial charge in [0.25, 0.3) is 5.56 Å². The zero-order chi connectivity index (χ0) is 19.1. The summed E-state index contributed by atoms with van der Waals surface area (Å²) in [4.78, 5) is 30.6. The summed E-state index contributed by atoms with van der Waals surface area (Å²) in [5.41, 5.74) is 0.637. The number of thiophene rings is 1. The normalized spacial score (nSPS) is 16.9. The smallest absolute Gasteiger partial charge is 0.276 e. The first kappa shape index (κ1) is 18.1. The highest BCUT2D eigenvalue weighted by molar-refractivity contribution is 7.26. The Hall–Kier alpha value is -2.25. The van der Waals surface area contributed by atoms with Crippen LogP contribution in [0.4, 0.5) is 0 Å². The van der Waals surface area contributed by atoms with Gasteiger partial charge in [-0.05, 0) is 26.5 Å². The summed E-state index contributed by atoms with van der Waals surface area (Å²) >= 11 is 1.59. The van der Waals surface area contributed by atoms with Crippen molar-refractivity contribution in [3.8, 4) is 0 Å². The van der Waals surface area contributed by atoms with Crippen molar-refractivity contribution in [1.82, 2.24) is 19.6 Å². The molecule has 2 aromatic heterocycles. The van der Waals surface area contributed by atoms with E-state index < -0.39 is 6.04 Å². The SMILES string of the molecule is CCC(C(=O)N1CCN(C)CC1)n1nc(C)c2sc3ccccc3c2c1=O. The molecule has 0 radical (unpaired) electrons. The number of piperazine rings is 1. The molecular weight excluding hydrogens is 360 g/mol. The lowest BCUT2D eigenvalue weighted by atomic mass is 10.1. The fourth-order valence-corrected chi connectivity index (χ4v) is 4.91. The van der Waals surface area contributed by atoms with Crippen LogP contribution >= 0.6 is 11.3 Å². The van der Waals surface area contributed by atoms with Crippen LogP contribution in [0.25, 0.3) is 20.2 Å². The summed E-state index contributed by atoms with van der Waals surface area (Å²) in [6.07, 6.45) is 0.547. The van der Waals surface area contributed by atoms with Crippen molar-refractivity contribution in [2.24, 2.45) is 0 Å². The Morgan fingerprint density at radius 3 is 2.63 bits per heavy atom. The molecule has 0 saturated carbocycles. The predicted octanol–water partition coefficient (Wildman–Crippen LogP) is 2.64. The summed E-state index contributed by atoms with van der Waals surface area (Å²) in [5.74, 6) is -0.00140. The second-order valence-electron chi connectivity index (χ2n) is 7.19. The molecule has 1 saturated heterocycles. The van der Waals surface area contributed by atoms with E-state index in [0.717, 1.165) is 33.6 Å². The van der Waals surface area contributed by atoms with Crippen molar-refractivity contribution in [1.29, 1.82) is 0 Å². The number of aryl methyl sites for hydroxylation is 1. The minimum Gasteiger partial charge on any atom is -0.338 e. The Bertz CT molecular complexity index is 1060. The molecule has 1 aromatic carbocycles. The van der Waals surface area contributed by atoms with Gasteiger partial charge in [-0.3, -0.25) is 9.59 Å². The number of aromatic nitrogens is 2. The highest BCUT2D eigenvalue weighted by Gasteiger charge is 2.29. The average Bonchev–Trinajstić information content (AvgIpc) is 3.07. The van der Waals surface area contributed by atoms with Crippen LogP contribution in [0.5, 0.6) is 0 Å². The van der Waals surface area contributed by atoms with Crippen LogP contribution in [0.2, 0.25) is 0 Å². The molecule has 0 spiro atoms. The number of hydrogen-bond donors (Lipinski definition) is 0. The second kappa shape index (κ2) is 7.05. The minimum atomic E-state index is -0.553. The van der Waals surface area contributed by atoms with Gasteiger partial charge >= 0.3 is 0 Å². The zero-order valence-corrected chi connectivity index (χ0v) is 16.8. The first-order valence-corrected chi connectivity index (χ1v) is 10.2. The van der Waals surface area contributed by atoms with Crippen LogP contribution in [0, 0.1) is 6.92 Å². The zero-order valence-electron chi connectivity index (χ0n) is 15.9. The van der Waals surface area contributed by atoms with Gasteiger partial charge in [-0.1, -0.05) is 25.1 Å². The van der Waals surface area contributed by atoms with E-state index in [0.29, 0.717) is 24.9 Å². The van der Waals surface area contributed by atoms with Gasteiger partial charge in [-0.15, -0.1) is 11.3 Å². The molecule has 1 aliphatic rings. The molecule has 0 aliphatic carbocycles. The third kappa shape index (κ3) is 3.04. The summed E-state index contributed by atoms with van der Waals surface area (Å²) in [5, 5.41) is 6.19. The third-order valence-electron chi connectivity index (χ3n) is 5.39. The van der Waals surface area contributed by atoms with Gasteiger partial charge in [0.15, 0.2) is 0 Å². The number of carbonyl (C=O) groups is 1. The summed E-state index contributed by atoms with van der Waals surface area (Å²) in [7, 11) is 2.06. The fourth-order valence-electron chi connectivity index (χ4n) is 3.78. The number of hydrogen-bond acceptors (Lipinski definition) is 5. The van der Waals surface area contributed by atoms with Gasteiger partial charge in [0.1, 0.15) is 6.04 Å². The Kier molecular flexibility index (Phi) is 4.74. The van der Waals surface area contributed by atoms with Crippen molar-refractivity contribution in [3.05, 3.63) is 40.3 Å². The molecule has 0 bridgehead atoms. The lowest BCUT2D eigenvalue weighted by molar-refractivity contribution is -0.136. The van der Waals surface area contributed by atoms with E-state index in [2.05, 4.69) is 17.0 Å². The third-order valence-corrected chi connectivity index (χ3v) is 6.67. The van der Waals surface area contributed by atoms with E-state index in [1.807, 2.05) is 43.0 Å². The number of fused-ring (bicyclic) bond motifs is 3. The quantitative estimate of drug-likeness (QED) is 0.697. The van der Waals surface area contributed by atoms with Gasteiger partial charge in [-0.25, -0.2) is 4.68 Å². The van der Waals surface area contributed by atoms with Crippen LogP contribution in [-0.4, -0.2) is 58.7 Å². The number of benzene rings is 1. The summed E-state index contributed by atoms with van der Waals surface area (Å²) < 4.78 is 3.42.